The van der Waals surface area contributed by atoms with Gasteiger partial charge in [0.2, 0.25) is 11.9 Å². The van der Waals surface area contributed by atoms with E-state index in [0.29, 0.717) is 11.6 Å². The Hall–Kier alpha value is -2.35. The molecule has 2 rings (SSSR count). The fourth-order valence-electron chi connectivity index (χ4n) is 1.36. The summed E-state index contributed by atoms with van der Waals surface area (Å²) in [6, 6.07) is 6.53. The summed E-state index contributed by atoms with van der Waals surface area (Å²) in [5.41, 5.74) is 11.2. The highest BCUT2D eigenvalue weighted by atomic mass is 32.2. The van der Waals surface area contributed by atoms with Crippen LogP contribution in [-0.2, 0) is 5.75 Å². The summed E-state index contributed by atoms with van der Waals surface area (Å²) in [7, 11) is 0. The van der Waals surface area contributed by atoms with E-state index in [1.54, 1.807) is 24.3 Å². The summed E-state index contributed by atoms with van der Waals surface area (Å²) in [6.45, 7) is 0. The van der Waals surface area contributed by atoms with Crippen LogP contribution in [0.5, 0.6) is 0 Å². The Morgan fingerprint density at radius 2 is 1.68 bits per heavy atom. The number of aromatic nitrogens is 3. The Morgan fingerprint density at radius 1 is 1.11 bits per heavy atom. The maximum Gasteiger partial charge on any atom is 0.335 e. The Balaban J connectivity index is 2.03. The fraction of sp³-hybridized carbons (Fsp3) is 0.0909. The van der Waals surface area contributed by atoms with Crippen molar-refractivity contribution in [2.24, 2.45) is 0 Å². The van der Waals surface area contributed by atoms with Crippen LogP contribution in [0.3, 0.4) is 0 Å². The van der Waals surface area contributed by atoms with Crippen molar-refractivity contribution in [1.82, 2.24) is 15.0 Å². The van der Waals surface area contributed by atoms with Gasteiger partial charge in [0.05, 0.1) is 11.3 Å². The molecule has 0 spiro atoms. The number of benzene rings is 1. The number of rotatable bonds is 4. The largest absolute Gasteiger partial charge is 0.478 e. The summed E-state index contributed by atoms with van der Waals surface area (Å²) < 4.78 is 0. The molecule has 0 saturated carbocycles. The zero-order valence-corrected chi connectivity index (χ0v) is 10.6. The third-order valence-electron chi connectivity index (χ3n) is 2.19. The number of carbonyl (C=O) groups is 1. The van der Waals surface area contributed by atoms with Gasteiger partial charge in [-0.25, -0.2) is 4.79 Å². The number of thioether (sulfide) groups is 1. The maximum atomic E-state index is 10.7. The Morgan fingerprint density at radius 3 is 2.21 bits per heavy atom. The topological polar surface area (TPSA) is 128 Å². The molecule has 0 saturated heterocycles. The summed E-state index contributed by atoms with van der Waals surface area (Å²) >= 11 is 1.45. The van der Waals surface area contributed by atoms with Gasteiger partial charge >= 0.3 is 5.97 Å². The second-order valence-corrected chi connectivity index (χ2v) is 4.63. The van der Waals surface area contributed by atoms with Crippen molar-refractivity contribution in [2.75, 3.05) is 11.5 Å². The van der Waals surface area contributed by atoms with Crippen LogP contribution in [-0.4, -0.2) is 26.0 Å². The van der Waals surface area contributed by atoms with E-state index in [1.165, 1.54) is 11.8 Å². The van der Waals surface area contributed by atoms with E-state index in [2.05, 4.69) is 15.0 Å². The first-order chi connectivity index (χ1) is 9.04. The highest BCUT2D eigenvalue weighted by Gasteiger charge is 2.05. The number of carboxylic acids is 1. The number of nitrogen functional groups attached to an aromatic ring is 2. The van der Waals surface area contributed by atoms with Crippen molar-refractivity contribution < 1.29 is 9.90 Å². The molecule has 2 aromatic rings. The maximum absolute atomic E-state index is 10.7. The molecule has 0 radical (unpaired) electrons. The number of hydrogen-bond acceptors (Lipinski definition) is 7. The van der Waals surface area contributed by atoms with Crippen molar-refractivity contribution in [3.63, 3.8) is 0 Å². The van der Waals surface area contributed by atoms with Gasteiger partial charge in [-0.2, -0.15) is 15.0 Å². The van der Waals surface area contributed by atoms with Crippen LogP contribution in [0, 0.1) is 0 Å². The molecule has 98 valence electrons. The monoisotopic (exact) mass is 277 g/mol. The van der Waals surface area contributed by atoms with Gasteiger partial charge in [-0.1, -0.05) is 0 Å². The van der Waals surface area contributed by atoms with Crippen molar-refractivity contribution in [3.05, 3.63) is 35.7 Å². The lowest BCUT2D eigenvalue weighted by atomic mass is 10.2. The number of nitrogens with two attached hydrogens (primary N) is 2. The molecule has 1 aromatic heterocycles. The zero-order chi connectivity index (χ0) is 13.8. The smallest absolute Gasteiger partial charge is 0.335 e. The Labute approximate surface area is 113 Å². The molecule has 0 fully saturated rings. The summed E-state index contributed by atoms with van der Waals surface area (Å²) in [6.07, 6.45) is 0. The van der Waals surface area contributed by atoms with Gasteiger partial charge in [-0.05, 0) is 24.3 Å². The molecule has 5 N–H and O–H groups in total. The van der Waals surface area contributed by atoms with E-state index in [0.717, 1.165) is 4.90 Å². The summed E-state index contributed by atoms with van der Waals surface area (Å²) in [5, 5.41) is 8.78. The second-order valence-electron chi connectivity index (χ2n) is 3.59. The van der Waals surface area contributed by atoms with Gasteiger partial charge in [-0.3, -0.25) is 0 Å². The lowest BCUT2D eigenvalue weighted by molar-refractivity contribution is 0.0697. The molecule has 0 aliphatic rings. The quantitative estimate of drug-likeness (QED) is 0.707. The van der Waals surface area contributed by atoms with E-state index in [-0.39, 0.29) is 17.5 Å². The van der Waals surface area contributed by atoms with E-state index in [4.69, 9.17) is 16.6 Å². The summed E-state index contributed by atoms with van der Waals surface area (Å²) in [5.74, 6) is 0.184. The molecule has 19 heavy (non-hydrogen) atoms. The van der Waals surface area contributed by atoms with E-state index in [9.17, 15) is 4.79 Å². The molecule has 1 heterocycles. The van der Waals surface area contributed by atoms with Crippen molar-refractivity contribution >= 4 is 29.6 Å². The van der Waals surface area contributed by atoms with Gasteiger partial charge in [0.25, 0.3) is 0 Å². The standard InChI is InChI=1S/C11H11N5O2S/c12-10-14-8(15-11(13)16-10)5-19-7-3-1-6(2-4-7)9(17)18/h1-4H,5H2,(H,17,18)(H4,12,13,14,15,16). The molecule has 0 atom stereocenters. The average Bonchev–Trinajstić information content (AvgIpc) is 2.36. The molecule has 0 aliphatic carbocycles. The molecular weight excluding hydrogens is 266 g/mol. The van der Waals surface area contributed by atoms with Gasteiger partial charge < -0.3 is 16.6 Å². The SMILES string of the molecule is Nc1nc(N)nc(CSc2ccc(C(=O)O)cc2)n1. The molecular formula is C11H11N5O2S. The minimum absolute atomic E-state index is 0.0873. The Bertz CT molecular complexity index is 582. The molecule has 1 aromatic carbocycles. The highest BCUT2D eigenvalue weighted by Crippen LogP contribution is 2.22. The third-order valence-corrected chi connectivity index (χ3v) is 3.19. The van der Waals surface area contributed by atoms with Crippen molar-refractivity contribution in [3.8, 4) is 0 Å². The zero-order valence-electron chi connectivity index (χ0n) is 9.78. The van der Waals surface area contributed by atoms with Crippen LogP contribution >= 0.6 is 11.8 Å². The first kappa shape index (κ1) is 13.1. The average molecular weight is 277 g/mol. The first-order valence-electron chi connectivity index (χ1n) is 5.26. The third kappa shape index (κ3) is 3.55. The van der Waals surface area contributed by atoms with Crippen LogP contribution in [0.2, 0.25) is 0 Å². The van der Waals surface area contributed by atoms with E-state index in [1.807, 2.05) is 0 Å². The molecule has 7 nitrogen and oxygen atoms in total. The first-order valence-corrected chi connectivity index (χ1v) is 6.25. The van der Waals surface area contributed by atoms with Gasteiger partial charge in [0.1, 0.15) is 5.82 Å². The number of hydrogen-bond donors (Lipinski definition) is 3. The highest BCUT2D eigenvalue weighted by molar-refractivity contribution is 7.98. The molecule has 0 unspecified atom stereocenters. The second kappa shape index (κ2) is 5.53. The van der Waals surface area contributed by atoms with Crippen LogP contribution in [0.25, 0.3) is 0 Å². The van der Waals surface area contributed by atoms with Gasteiger partial charge in [-0.15, -0.1) is 11.8 Å². The van der Waals surface area contributed by atoms with Crippen molar-refractivity contribution in [2.45, 2.75) is 10.6 Å². The summed E-state index contributed by atoms with van der Waals surface area (Å²) in [4.78, 5) is 23.2. The molecule has 0 bridgehead atoms. The molecule has 0 aliphatic heterocycles. The number of carboxylic acid groups (broad SMARTS) is 1. The van der Waals surface area contributed by atoms with Gasteiger partial charge in [0, 0.05) is 4.90 Å². The van der Waals surface area contributed by atoms with Crippen LogP contribution in [0.4, 0.5) is 11.9 Å². The number of anilines is 2. The van der Waals surface area contributed by atoms with Crippen LogP contribution in [0.15, 0.2) is 29.2 Å². The normalized spacial score (nSPS) is 10.3. The molecule has 8 heteroatoms. The number of aromatic carboxylic acids is 1. The lowest BCUT2D eigenvalue weighted by Crippen LogP contribution is -2.05. The predicted molar refractivity (Wildman–Crippen MR) is 71.6 cm³/mol. The van der Waals surface area contributed by atoms with E-state index >= 15 is 0 Å². The van der Waals surface area contributed by atoms with Crippen LogP contribution < -0.4 is 11.5 Å². The minimum atomic E-state index is -0.949. The minimum Gasteiger partial charge on any atom is -0.478 e. The predicted octanol–water partition coefficient (Wildman–Crippen LogP) is 1.03. The van der Waals surface area contributed by atoms with Gasteiger partial charge in [0.15, 0.2) is 0 Å². The van der Waals surface area contributed by atoms with Crippen LogP contribution in [0.1, 0.15) is 16.2 Å². The lowest BCUT2D eigenvalue weighted by Gasteiger charge is -2.03. The van der Waals surface area contributed by atoms with Crippen molar-refractivity contribution in [1.29, 1.82) is 0 Å². The fourth-order valence-corrected chi connectivity index (χ4v) is 2.12. The van der Waals surface area contributed by atoms with E-state index < -0.39 is 5.97 Å². The number of nitrogens with zero attached hydrogens (tertiary/aromatic N) is 3. The molecule has 0 amide bonds. The Kier molecular flexibility index (Phi) is 3.81.